The van der Waals surface area contributed by atoms with Crippen molar-refractivity contribution in [1.82, 2.24) is 15.3 Å². The number of hydrogen-bond donors (Lipinski definition) is 3. The molecule has 1 aromatic heterocycles. The Kier molecular flexibility index (Phi) is 10.1. The van der Waals surface area contributed by atoms with Gasteiger partial charge in [-0.05, 0) is 6.07 Å². The fraction of sp³-hybridized carbons (Fsp3) is 0.500. The van der Waals surface area contributed by atoms with Crippen molar-refractivity contribution in [3.05, 3.63) is 24.8 Å². The predicted molar refractivity (Wildman–Crippen MR) is 49.1 cm³/mol. The van der Waals surface area contributed by atoms with Gasteiger partial charge in [-0.25, -0.2) is 9.97 Å². The van der Waals surface area contributed by atoms with E-state index >= 15 is 0 Å². The largest absolute Gasteiger partial charge is 0.395 e. The van der Waals surface area contributed by atoms with Gasteiger partial charge < -0.3 is 15.5 Å². The summed E-state index contributed by atoms with van der Waals surface area (Å²) in [6.45, 7) is 1.42. The molecule has 0 unspecified atom stereocenters. The molecule has 5 nitrogen and oxygen atoms in total. The molecule has 0 aliphatic rings. The Morgan fingerprint density at radius 2 is 1.54 bits per heavy atom. The molecule has 0 aliphatic carbocycles. The van der Waals surface area contributed by atoms with E-state index in [1.807, 2.05) is 0 Å². The van der Waals surface area contributed by atoms with Gasteiger partial charge >= 0.3 is 0 Å². The Hall–Kier alpha value is -1.04. The van der Waals surface area contributed by atoms with Crippen molar-refractivity contribution in [1.29, 1.82) is 0 Å². The van der Waals surface area contributed by atoms with Crippen molar-refractivity contribution in [2.24, 2.45) is 0 Å². The van der Waals surface area contributed by atoms with Gasteiger partial charge in [0.2, 0.25) is 0 Å². The highest BCUT2D eigenvalue weighted by Gasteiger charge is 1.78. The molecule has 0 bridgehead atoms. The average molecular weight is 185 g/mol. The van der Waals surface area contributed by atoms with Crippen LogP contribution < -0.4 is 5.32 Å². The number of aliphatic hydroxyl groups is 2. The lowest BCUT2D eigenvalue weighted by atomic mass is 10.6. The molecule has 74 valence electrons. The van der Waals surface area contributed by atoms with Crippen LogP contribution >= 0.6 is 0 Å². The van der Waals surface area contributed by atoms with E-state index in [-0.39, 0.29) is 13.2 Å². The summed E-state index contributed by atoms with van der Waals surface area (Å²) in [7, 11) is 0. The van der Waals surface area contributed by atoms with E-state index in [9.17, 15) is 0 Å². The van der Waals surface area contributed by atoms with Crippen LogP contribution in [0.2, 0.25) is 0 Å². The van der Waals surface area contributed by atoms with E-state index in [2.05, 4.69) is 15.3 Å². The molecular formula is C8H15N3O2. The molecule has 1 aromatic rings. The average Bonchev–Trinajstić information content (AvgIpc) is 2.22. The van der Waals surface area contributed by atoms with Gasteiger partial charge in [-0.3, -0.25) is 0 Å². The summed E-state index contributed by atoms with van der Waals surface area (Å²) in [6.07, 6.45) is 4.88. The molecule has 1 heterocycles. The molecule has 13 heavy (non-hydrogen) atoms. The van der Waals surface area contributed by atoms with Gasteiger partial charge in [0.15, 0.2) is 0 Å². The normalized spacial score (nSPS) is 8.77. The first-order valence-corrected chi connectivity index (χ1v) is 4.04. The second-order valence-electron chi connectivity index (χ2n) is 2.10. The number of rotatable bonds is 4. The van der Waals surface area contributed by atoms with Crippen molar-refractivity contribution >= 4 is 0 Å². The Morgan fingerprint density at radius 1 is 1.00 bits per heavy atom. The summed E-state index contributed by atoms with van der Waals surface area (Å²) in [4.78, 5) is 7.35. The monoisotopic (exact) mass is 185 g/mol. The highest BCUT2D eigenvalue weighted by Crippen LogP contribution is 1.66. The summed E-state index contributed by atoms with van der Waals surface area (Å²) in [6, 6.07) is 1.78. The minimum absolute atomic E-state index is 0.139. The number of nitrogens with zero attached hydrogens (tertiary/aromatic N) is 2. The molecule has 5 heteroatoms. The van der Waals surface area contributed by atoms with Crippen LogP contribution in [0.3, 0.4) is 0 Å². The summed E-state index contributed by atoms with van der Waals surface area (Å²) in [5.41, 5.74) is 0. The SMILES string of the molecule is OCCNCCO.c1cncnc1. The number of aliphatic hydroxyl groups excluding tert-OH is 2. The fourth-order valence-corrected chi connectivity index (χ4v) is 0.536. The van der Waals surface area contributed by atoms with Crippen molar-refractivity contribution in [3.63, 3.8) is 0 Å². The molecule has 0 radical (unpaired) electrons. The quantitative estimate of drug-likeness (QED) is 0.526. The van der Waals surface area contributed by atoms with Gasteiger partial charge in [-0.1, -0.05) is 0 Å². The minimum atomic E-state index is 0.139. The standard InChI is InChI=1S/C4H4N2.C4H11NO2/c1-2-5-4-6-3-1;6-3-1-5-2-4-7/h1-4H;5-7H,1-4H2. The lowest BCUT2D eigenvalue weighted by Gasteiger charge is -1.94. The maximum atomic E-state index is 8.15. The zero-order valence-corrected chi connectivity index (χ0v) is 7.43. The highest BCUT2D eigenvalue weighted by atomic mass is 16.3. The van der Waals surface area contributed by atoms with Crippen molar-refractivity contribution in [3.8, 4) is 0 Å². The van der Waals surface area contributed by atoms with Gasteiger partial charge in [0.25, 0.3) is 0 Å². The van der Waals surface area contributed by atoms with Crippen LogP contribution in [0.1, 0.15) is 0 Å². The van der Waals surface area contributed by atoms with Gasteiger partial charge in [0.05, 0.1) is 13.2 Å². The van der Waals surface area contributed by atoms with Crippen molar-refractivity contribution < 1.29 is 10.2 Å². The molecule has 0 saturated carbocycles. The Labute approximate surface area is 77.5 Å². The van der Waals surface area contributed by atoms with Gasteiger partial charge in [0, 0.05) is 25.5 Å². The van der Waals surface area contributed by atoms with Crippen LogP contribution in [0, 0.1) is 0 Å². The Morgan fingerprint density at radius 3 is 1.77 bits per heavy atom. The van der Waals surface area contributed by atoms with E-state index in [1.54, 1.807) is 18.5 Å². The first-order chi connectivity index (χ1) is 6.41. The van der Waals surface area contributed by atoms with Crippen LogP contribution in [-0.2, 0) is 0 Å². The molecule has 0 aliphatic heterocycles. The zero-order chi connectivity index (χ0) is 9.78. The van der Waals surface area contributed by atoms with Crippen LogP contribution in [0.25, 0.3) is 0 Å². The van der Waals surface area contributed by atoms with Crippen molar-refractivity contribution in [2.45, 2.75) is 0 Å². The topological polar surface area (TPSA) is 78.3 Å². The molecule has 0 spiro atoms. The third-order valence-corrected chi connectivity index (χ3v) is 1.05. The number of nitrogens with one attached hydrogen (secondary N) is 1. The second kappa shape index (κ2) is 11.0. The predicted octanol–water partition coefficient (Wildman–Crippen LogP) is -0.963. The third-order valence-electron chi connectivity index (χ3n) is 1.05. The first kappa shape index (κ1) is 12.0. The Bertz CT molecular complexity index is 142. The fourth-order valence-electron chi connectivity index (χ4n) is 0.536. The number of aromatic nitrogens is 2. The molecular weight excluding hydrogens is 170 g/mol. The minimum Gasteiger partial charge on any atom is -0.395 e. The summed E-state index contributed by atoms with van der Waals surface area (Å²) in [5.74, 6) is 0. The molecule has 0 amide bonds. The Balaban J connectivity index is 0.000000223. The van der Waals surface area contributed by atoms with E-state index in [4.69, 9.17) is 10.2 Å². The molecule has 0 aromatic carbocycles. The smallest absolute Gasteiger partial charge is 0.115 e. The first-order valence-electron chi connectivity index (χ1n) is 4.04. The second-order valence-corrected chi connectivity index (χ2v) is 2.10. The molecule has 0 atom stereocenters. The van der Waals surface area contributed by atoms with E-state index in [0.29, 0.717) is 13.1 Å². The van der Waals surface area contributed by atoms with Crippen molar-refractivity contribution in [2.75, 3.05) is 26.3 Å². The van der Waals surface area contributed by atoms with E-state index < -0.39 is 0 Å². The summed E-state index contributed by atoms with van der Waals surface area (Å²) < 4.78 is 0. The van der Waals surface area contributed by atoms with Crippen LogP contribution in [0.15, 0.2) is 24.8 Å². The molecule has 3 N–H and O–H groups in total. The summed E-state index contributed by atoms with van der Waals surface area (Å²) in [5, 5.41) is 19.1. The van der Waals surface area contributed by atoms with Gasteiger partial charge in [0.1, 0.15) is 6.33 Å². The maximum absolute atomic E-state index is 8.15. The van der Waals surface area contributed by atoms with Gasteiger partial charge in [-0.2, -0.15) is 0 Å². The highest BCUT2D eigenvalue weighted by molar-refractivity contribution is 4.74. The van der Waals surface area contributed by atoms with E-state index in [1.165, 1.54) is 6.33 Å². The van der Waals surface area contributed by atoms with E-state index in [0.717, 1.165) is 0 Å². The molecule has 1 rings (SSSR count). The van der Waals surface area contributed by atoms with Crippen LogP contribution in [-0.4, -0.2) is 46.5 Å². The van der Waals surface area contributed by atoms with Crippen LogP contribution in [0.4, 0.5) is 0 Å². The van der Waals surface area contributed by atoms with Crippen LogP contribution in [0.5, 0.6) is 0 Å². The lowest BCUT2D eigenvalue weighted by molar-refractivity contribution is 0.267. The third kappa shape index (κ3) is 11.0. The zero-order valence-electron chi connectivity index (χ0n) is 7.43. The maximum Gasteiger partial charge on any atom is 0.115 e. The lowest BCUT2D eigenvalue weighted by Crippen LogP contribution is -2.21. The molecule has 0 saturated heterocycles. The number of hydrogen-bond acceptors (Lipinski definition) is 5. The molecule has 0 fully saturated rings. The summed E-state index contributed by atoms with van der Waals surface area (Å²) >= 11 is 0. The van der Waals surface area contributed by atoms with Gasteiger partial charge in [-0.15, -0.1) is 0 Å².